The molecule has 0 bridgehead atoms. The van der Waals surface area contributed by atoms with Crippen LogP contribution in [0, 0.1) is 17.3 Å². The van der Waals surface area contributed by atoms with Gasteiger partial charge in [-0.2, -0.15) is 8.42 Å². The van der Waals surface area contributed by atoms with E-state index in [0.29, 0.717) is 23.0 Å². The van der Waals surface area contributed by atoms with Crippen molar-refractivity contribution in [1.29, 1.82) is 0 Å². The van der Waals surface area contributed by atoms with E-state index in [1.54, 1.807) is 6.07 Å². The van der Waals surface area contributed by atoms with Crippen molar-refractivity contribution in [1.82, 2.24) is 4.72 Å². The summed E-state index contributed by atoms with van der Waals surface area (Å²) in [5.74, 6) is 1.84. The van der Waals surface area contributed by atoms with E-state index in [9.17, 15) is 13.2 Å². The lowest BCUT2D eigenvalue weighted by molar-refractivity contribution is -0.117. The van der Waals surface area contributed by atoms with Gasteiger partial charge in [-0.05, 0) is 85.0 Å². The van der Waals surface area contributed by atoms with Crippen molar-refractivity contribution in [3.05, 3.63) is 23.3 Å². The number of carbonyl (C=O) groups excluding carboxylic acids is 1. The van der Waals surface area contributed by atoms with Crippen molar-refractivity contribution in [3.63, 3.8) is 0 Å². The summed E-state index contributed by atoms with van der Waals surface area (Å²) in [7, 11) is -2.71. The van der Waals surface area contributed by atoms with Gasteiger partial charge in [0.2, 0.25) is 5.91 Å². The molecule has 0 heterocycles. The molecule has 0 radical (unpaired) electrons. The van der Waals surface area contributed by atoms with Crippen LogP contribution in [0.5, 0.6) is 11.5 Å². The number of aryl methyl sites for hydroxylation is 1. The monoisotopic (exact) mass is 407 g/mol. The molecule has 0 saturated heterocycles. The topological polar surface area (TPSA) is 81.7 Å². The Labute approximate surface area is 167 Å². The van der Waals surface area contributed by atoms with Crippen LogP contribution in [0.15, 0.2) is 12.1 Å². The van der Waals surface area contributed by atoms with Gasteiger partial charge in [-0.15, -0.1) is 0 Å². The summed E-state index contributed by atoms with van der Waals surface area (Å²) >= 11 is 0. The minimum absolute atomic E-state index is 0.134. The van der Waals surface area contributed by atoms with E-state index in [4.69, 9.17) is 8.92 Å². The highest BCUT2D eigenvalue weighted by Crippen LogP contribution is 2.61. The fraction of sp³-hybridized carbons (Fsp3) is 0.667. The summed E-state index contributed by atoms with van der Waals surface area (Å²) < 4.78 is 36.5. The average Bonchev–Trinajstić information content (AvgIpc) is 3.01. The van der Waals surface area contributed by atoms with Crippen LogP contribution in [0.2, 0.25) is 0 Å². The molecular formula is C21H29NO5S. The maximum atomic E-state index is 12.0. The Balaban J connectivity index is 1.66. The number of carbonyl (C=O) groups is 1. The molecule has 154 valence electrons. The van der Waals surface area contributed by atoms with Gasteiger partial charge in [0.25, 0.3) is 0 Å². The Hall–Kier alpha value is -1.76. The fourth-order valence-corrected chi connectivity index (χ4v) is 6.87. The molecule has 7 heteroatoms. The lowest BCUT2D eigenvalue weighted by Gasteiger charge is -2.49. The molecular weight excluding hydrogens is 378 g/mol. The molecule has 2 saturated carbocycles. The molecule has 1 aromatic rings. The molecule has 0 spiro atoms. The number of fused-ring (bicyclic) bond motifs is 5. The van der Waals surface area contributed by atoms with Crippen LogP contribution in [0.4, 0.5) is 0 Å². The Morgan fingerprint density at radius 2 is 1.96 bits per heavy atom. The number of hydrogen-bond acceptors (Lipinski definition) is 5. The van der Waals surface area contributed by atoms with E-state index in [1.165, 1.54) is 44.8 Å². The summed E-state index contributed by atoms with van der Waals surface area (Å²) in [5.41, 5.74) is 2.92. The third-order valence-electron chi connectivity index (χ3n) is 7.26. The Morgan fingerprint density at radius 3 is 2.68 bits per heavy atom. The lowest BCUT2D eigenvalue weighted by Crippen LogP contribution is -2.39. The Bertz CT molecular complexity index is 896. The molecule has 3 unspecified atom stereocenters. The molecule has 3 aliphatic carbocycles. The predicted octanol–water partition coefficient (Wildman–Crippen LogP) is 3.70. The average molecular weight is 408 g/mol. The fourth-order valence-electron chi connectivity index (χ4n) is 6.11. The molecule has 6 nitrogen and oxygen atoms in total. The minimum Gasteiger partial charge on any atom is -0.493 e. The van der Waals surface area contributed by atoms with Gasteiger partial charge in [0, 0.05) is 6.92 Å². The molecule has 1 N–H and O–H groups in total. The van der Waals surface area contributed by atoms with E-state index in [1.807, 2.05) is 10.8 Å². The van der Waals surface area contributed by atoms with Crippen molar-refractivity contribution in [2.75, 3.05) is 7.11 Å². The first kappa shape index (κ1) is 19.6. The quantitative estimate of drug-likeness (QED) is 0.823. The van der Waals surface area contributed by atoms with Crippen molar-refractivity contribution < 1.29 is 22.1 Å². The summed E-state index contributed by atoms with van der Waals surface area (Å²) in [4.78, 5) is 11.1. The second kappa shape index (κ2) is 6.94. The maximum absolute atomic E-state index is 12.0. The van der Waals surface area contributed by atoms with E-state index in [0.717, 1.165) is 31.2 Å². The van der Waals surface area contributed by atoms with Crippen LogP contribution >= 0.6 is 0 Å². The van der Waals surface area contributed by atoms with E-state index in [2.05, 4.69) is 6.92 Å². The third kappa shape index (κ3) is 3.38. The van der Waals surface area contributed by atoms with Gasteiger partial charge < -0.3 is 8.92 Å². The van der Waals surface area contributed by atoms with Gasteiger partial charge in [-0.3, -0.25) is 4.79 Å². The van der Waals surface area contributed by atoms with Gasteiger partial charge >= 0.3 is 10.3 Å². The number of amides is 1. The van der Waals surface area contributed by atoms with E-state index in [-0.39, 0.29) is 5.75 Å². The normalized spacial score (nSPS) is 31.3. The first-order valence-electron chi connectivity index (χ1n) is 10.2. The SMILES string of the molecule is COc1cc2c(cc1OS(=O)(=O)NC(C)=O)CCC1C2CC[C@]2(C)CCCC12. The zero-order valence-corrected chi connectivity index (χ0v) is 17.6. The summed E-state index contributed by atoms with van der Waals surface area (Å²) in [6, 6.07) is 3.74. The Kier molecular flexibility index (Phi) is 4.84. The van der Waals surface area contributed by atoms with Crippen LogP contribution in [0.25, 0.3) is 0 Å². The number of rotatable bonds is 4. The van der Waals surface area contributed by atoms with Gasteiger partial charge in [0.05, 0.1) is 7.11 Å². The van der Waals surface area contributed by atoms with Crippen molar-refractivity contribution in [2.45, 2.75) is 64.7 Å². The second-order valence-electron chi connectivity index (χ2n) is 8.90. The summed E-state index contributed by atoms with van der Waals surface area (Å²) in [6.07, 6.45) is 8.53. The molecule has 1 amide bonds. The van der Waals surface area contributed by atoms with Crippen LogP contribution in [0.3, 0.4) is 0 Å². The number of benzene rings is 1. The Morgan fingerprint density at radius 1 is 1.18 bits per heavy atom. The first-order valence-corrected chi connectivity index (χ1v) is 11.6. The highest BCUT2D eigenvalue weighted by Gasteiger charge is 2.50. The van der Waals surface area contributed by atoms with Crippen LogP contribution in [-0.2, 0) is 21.5 Å². The van der Waals surface area contributed by atoms with Crippen LogP contribution < -0.4 is 13.6 Å². The zero-order valence-electron chi connectivity index (χ0n) is 16.8. The largest absolute Gasteiger partial charge is 0.493 e. The molecule has 1 aromatic carbocycles. The molecule has 4 rings (SSSR count). The lowest BCUT2D eigenvalue weighted by atomic mass is 9.56. The maximum Gasteiger partial charge on any atom is 0.409 e. The second-order valence-corrected chi connectivity index (χ2v) is 10.2. The van der Waals surface area contributed by atoms with Gasteiger partial charge in [-0.1, -0.05) is 13.3 Å². The third-order valence-corrected chi connectivity index (χ3v) is 8.19. The van der Waals surface area contributed by atoms with Crippen molar-refractivity contribution in [3.8, 4) is 11.5 Å². The van der Waals surface area contributed by atoms with Crippen molar-refractivity contribution >= 4 is 16.2 Å². The predicted molar refractivity (Wildman–Crippen MR) is 106 cm³/mol. The van der Waals surface area contributed by atoms with Crippen molar-refractivity contribution in [2.24, 2.45) is 17.3 Å². The molecule has 0 aliphatic heterocycles. The number of hydrogen-bond donors (Lipinski definition) is 1. The summed E-state index contributed by atoms with van der Waals surface area (Å²) in [5, 5.41) is 0. The molecule has 2 fully saturated rings. The van der Waals surface area contributed by atoms with Gasteiger partial charge in [0.1, 0.15) is 0 Å². The van der Waals surface area contributed by atoms with E-state index < -0.39 is 16.2 Å². The minimum atomic E-state index is -4.22. The van der Waals surface area contributed by atoms with Crippen LogP contribution in [0.1, 0.15) is 69.4 Å². The number of nitrogens with one attached hydrogen (secondary N) is 1. The molecule has 3 aliphatic rings. The molecule has 4 atom stereocenters. The number of ether oxygens (including phenoxy) is 1. The molecule has 28 heavy (non-hydrogen) atoms. The summed E-state index contributed by atoms with van der Waals surface area (Å²) in [6.45, 7) is 3.60. The highest BCUT2D eigenvalue weighted by molar-refractivity contribution is 7.85. The number of methoxy groups -OCH3 is 1. The first-order chi connectivity index (χ1) is 13.2. The van der Waals surface area contributed by atoms with Crippen LogP contribution in [-0.4, -0.2) is 21.4 Å². The smallest absolute Gasteiger partial charge is 0.409 e. The highest BCUT2D eigenvalue weighted by atomic mass is 32.2. The van der Waals surface area contributed by atoms with E-state index >= 15 is 0 Å². The van der Waals surface area contributed by atoms with Gasteiger partial charge in [0.15, 0.2) is 11.5 Å². The standard InChI is InChI=1S/C21H29NO5S/c1-13(23)22-28(24,25)27-20-11-14-6-7-16-15(17(14)12-19(20)26-3)8-10-21(2)9-4-5-18(16)21/h11-12,15-16,18H,4-10H2,1-3H3,(H,22,23)/t15?,16?,18?,21-/m0/s1. The van der Waals surface area contributed by atoms with Gasteiger partial charge in [-0.25, -0.2) is 4.72 Å². The molecule has 0 aromatic heterocycles. The zero-order chi connectivity index (χ0) is 20.1.